The van der Waals surface area contributed by atoms with E-state index < -0.39 is 6.04 Å². The number of pyridine rings is 1. The summed E-state index contributed by atoms with van der Waals surface area (Å²) in [6.07, 6.45) is 2.04. The van der Waals surface area contributed by atoms with Crippen molar-refractivity contribution in [3.8, 4) is 0 Å². The standard InChI is InChI=1S/C19H22N8O2/c1-11-5-4-6-14(22-11)24-15-9-16(20-2)27-17(25-15)12(10-21-27)18(28)23-13-7-8-26(3)19(13)29/h4-6,9-10,13,20H,7-8H2,1-3H3,(H,23,28)(H,22,24,25). The maximum Gasteiger partial charge on any atom is 0.257 e. The van der Waals surface area contributed by atoms with Crippen molar-refractivity contribution < 1.29 is 9.59 Å². The van der Waals surface area contributed by atoms with Gasteiger partial charge >= 0.3 is 0 Å². The molecule has 4 rings (SSSR count). The highest BCUT2D eigenvalue weighted by molar-refractivity contribution is 6.02. The molecule has 1 unspecified atom stereocenters. The summed E-state index contributed by atoms with van der Waals surface area (Å²) in [6.45, 7) is 2.53. The zero-order valence-corrected chi connectivity index (χ0v) is 16.4. The first kappa shape index (κ1) is 18.7. The number of aromatic nitrogens is 4. The van der Waals surface area contributed by atoms with Gasteiger partial charge in [0, 0.05) is 32.4 Å². The largest absolute Gasteiger partial charge is 0.373 e. The van der Waals surface area contributed by atoms with Crippen LogP contribution in [0.15, 0.2) is 30.5 Å². The summed E-state index contributed by atoms with van der Waals surface area (Å²) in [4.78, 5) is 35.5. The summed E-state index contributed by atoms with van der Waals surface area (Å²) in [5.41, 5.74) is 1.55. The number of nitrogens with zero attached hydrogens (tertiary/aromatic N) is 5. The maximum absolute atomic E-state index is 12.8. The Labute approximate surface area is 167 Å². The molecular formula is C19H22N8O2. The summed E-state index contributed by atoms with van der Waals surface area (Å²) >= 11 is 0. The van der Waals surface area contributed by atoms with E-state index in [9.17, 15) is 9.59 Å². The first-order valence-corrected chi connectivity index (χ1v) is 9.29. The van der Waals surface area contributed by atoms with Crippen LogP contribution in [0.25, 0.3) is 5.65 Å². The third-order valence-electron chi connectivity index (χ3n) is 4.85. The predicted octanol–water partition coefficient (Wildman–Crippen LogP) is 1.18. The van der Waals surface area contributed by atoms with Crippen LogP contribution < -0.4 is 16.0 Å². The molecule has 1 aliphatic rings. The van der Waals surface area contributed by atoms with Crippen molar-refractivity contribution in [3.63, 3.8) is 0 Å². The number of carbonyl (C=O) groups is 2. The lowest BCUT2D eigenvalue weighted by Gasteiger charge is -2.12. The lowest BCUT2D eigenvalue weighted by Crippen LogP contribution is -2.40. The van der Waals surface area contributed by atoms with E-state index in [-0.39, 0.29) is 11.8 Å². The molecule has 3 N–H and O–H groups in total. The second kappa shape index (κ2) is 7.38. The molecule has 4 heterocycles. The third kappa shape index (κ3) is 3.56. The minimum atomic E-state index is -0.524. The first-order chi connectivity index (χ1) is 14.0. The van der Waals surface area contributed by atoms with Gasteiger partial charge in [-0.25, -0.2) is 9.97 Å². The Bertz CT molecular complexity index is 1090. The van der Waals surface area contributed by atoms with Crippen LogP contribution in [0.5, 0.6) is 0 Å². The predicted molar refractivity (Wildman–Crippen MR) is 108 cm³/mol. The Hall–Kier alpha value is -3.69. The number of anilines is 3. The molecule has 0 bridgehead atoms. The highest BCUT2D eigenvalue weighted by Crippen LogP contribution is 2.21. The van der Waals surface area contributed by atoms with Crippen LogP contribution in [0.2, 0.25) is 0 Å². The highest BCUT2D eigenvalue weighted by atomic mass is 16.2. The maximum atomic E-state index is 12.8. The molecule has 0 radical (unpaired) electrons. The number of fused-ring (bicyclic) bond motifs is 1. The van der Waals surface area contributed by atoms with Crippen LogP contribution >= 0.6 is 0 Å². The normalized spacial score (nSPS) is 16.3. The molecule has 3 aromatic heterocycles. The van der Waals surface area contributed by atoms with Gasteiger partial charge in [0.15, 0.2) is 5.65 Å². The number of rotatable bonds is 5. The molecule has 10 nitrogen and oxygen atoms in total. The van der Waals surface area contributed by atoms with E-state index in [0.29, 0.717) is 41.6 Å². The van der Waals surface area contributed by atoms with Crippen molar-refractivity contribution in [3.05, 3.63) is 41.7 Å². The lowest BCUT2D eigenvalue weighted by atomic mass is 10.2. The summed E-state index contributed by atoms with van der Waals surface area (Å²) in [5, 5.41) is 13.3. The monoisotopic (exact) mass is 394 g/mol. The molecule has 2 amide bonds. The van der Waals surface area contributed by atoms with Crippen molar-refractivity contribution in [2.24, 2.45) is 0 Å². The summed E-state index contributed by atoms with van der Waals surface area (Å²) in [5.74, 6) is 1.35. The molecule has 0 aromatic carbocycles. The number of carbonyl (C=O) groups excluding carboxylic acids is 2. The van der Waals surface area contributed by atoms with Gasteiger partial charge in [0.05, 0.1) is 6.20 Å². The van der Waals surface area contributed by atoms with Gasteiger partial charge in [0.1, 0.15) is 29.1 Å². The fourth-order valence-electron chi connectivity index (χ4n) is 3.30. The summed E-state index contributed by atoms with van der Waals surface area (Å²) < 4.78 is 1.55. The van der Waals surface area contributed by atoms with Crippen LogP contribution in [-0.2, 0) is 4.79 Å². The number of amides is 2. The topological polar surface area (TPSA) is 117 Å². The van der Waals surface area contributed by atoms with E-state index in [1.54, 1.807) is 29.6 Å². The molecular weight excluding hydrogens is 372 g/mol. The minimum Gasteiger partial charge on any atom is -0.373 e. The zero-order valence-electron chi connectivity index (χ0n) is 16.4. The molecule has 0 aliphatic carbocycles. The van der Waals surface area contributed by atoms with Gasteiger partial charge in [-0.2, -0.15) is 9.61 Å². The second-order valence-corrected chi connectivity index (χ2v) is 6.93. The Kier molecular flexibility index (Phi) is 4.75. The molecule has 0 spiro atoms. The van der Waals surface area contributed by atoms with E-state index >= 15 is 0 Å². The molecule has 1 saturated heterocycles. The molecule has 150 valence electrons. The van der Waals surface area contributed by atoms with Gasteiger partial charge in [0.2, 0.25) is 5.91 Å². The molecule has 1 atom stereocenters. The van der Waals surface area contributed by atoms with E-state index in [0.717, 1.165) is 5.69 Å². The minimum absolute atomic E-state index is 0.0911. The van der Waals surface area contributed by atoms with Crippen LogP contribution in [0.4, 0.5) is 17.5 Å². The third-order valence-corrected chi connectivity index (χ3v) is 4.85. The first-order valence-electron chi connectivity index (χ1n) is 9.29. The van der Waals surface area contributed by atoms with Gasteiger partial charge < -0.3 is 20.9 Å². The van der Waals surface area contributed by atoms with Crippen LogP contribution in [0.3, 0.4) is 0 Å². The average Bonchev–Trinajstić information content (AvgIpc) is 3.26. The van der Waals surface area contributed by atoms with Gasteiger partial charge in [-0.3, -0.25) is 9.59 Å². The van der Waals surface area contributed by atoms with Gasteiger partial charge in [-0.15, -0.1) is 0 Å². The number of likely N-dealkylation sites (tertiary alicyclic amines) is 1. The van der Waals surface area contributed by atoms with E-state index in [2.05, 4.69) is 31.0 Å². The quantitative estimate of drug-likeness (QED) is 0.595. The second-order valence-electron chi connectivity index (χ2n) is 6.93. The van der Waals surface area contributed by atoms with Crippen molar-refractivity contribution in [2.45, 2.75) is 19.4 Å². The molecule has 10 heteroatoms. The van der Waals surface area contributed by atoms with Crippen LogP contribution in [-0.4, -0.2) is 63.0 Å². The van der Waals surface area contributed by atoms with E-state index in [4.69, 9.17) is 0 Å². The summed E-state index contributed by atoms with van der Waals surface area (Å²) in [7, 11) is 3.49. The van der Waals surface area contributed by atoms with Gasteiger partial charge in [-0.05, 0) is 25.5 Å². The van der Waals surface area contributed by atoms with Crippen LogP contribution in [0, 0.1) is 6.92 Å². The van der Waals surface area contributed by atoms with Crippen LogP contribution in [0.1, 0.15) is 22.5 Å². The average molecular weight is 394 g/mol. The Morgan fingerprint density at radius 1 is 1.24 bits per heavy atom. The SMILES string of the molecule is CNc1cc(Nc2cccc(C)n2)nc2c(C(=O)NC3CCN(C)C3=O)cnn12. The lowest BCUT2D eigenvalue weighted by molar-refractivity contribution is -0.128. The van der Waals surface area contributed by atoms with E-state index in [1.807, 2.05) is 25.1 Å². The number of aryl methyl sites for hydroxylation is 1. The molecule has 1 aliphatic heterocycles. The van der Waals surface area contributed by atoms with Crippen molar-refractivity contribution in [1.29, 1.82) is 0 Å². The van der Waals surface area contributed by atoms with Crippen molar-refractivity contribution >= 4 is 34.9 Å². The number of hydrogen-bond donors (Lipinski definition) is 3. The van der Waals surface area contributed by atoms with Crippen molar-refractivity contribution in [1.82, 2.24) is 29.8 Å². The number of nitrogens with one attached hydrogen (secondary N) is 3. The molecule has 29 heavy (non-hydrogen) atoms. The summed E-state index contributed by atoms with van der Waals surface area (Å²) in [6, 6.07) is 6.90. The Morgan fingerprint density at radius 3 is 2.76 bits per heavy atom. The molecule has 0 saturated carbocycles. The van der Waals surface area contributed by atoms with Gasteiger partial charge in [0.25, 0.3) is 5.91 Å². The van der Waals surface area contributed by atoms with E-state index in [1.165, 1.54) is 6.20 Å². The smallest absolute Gasteiger partial charge is 0.257 e. The zero-order chi connectivity index (χ0) is 20.5. The Morgan fingerprint density at radius 2 is 2.07 bits per heavy atom. The van der Waals surface area contributed by atoms with Crippen molar-refractivity contribution in [2.75, 3.05) is 31.3 Å². The molecule has 1 fully saturated rings. The number of likely N-dealkylation sites (N-methyl/N-ethyl adjacent to an activating group) is 1. The number of hydrogen-bond acceptors (Lipinski definition) is 7. The Balaban J connectivity index is 1.66. The fraction of sp³-hybridized carbons (Fsp3) is 0.316. The highest BCUT2D eigenvalue weighted by Gasteiger charge is 2.31. The fourth-order valence-corrected chi connectivity index (χ4v) is 3.30. The molecule has 3 aromatic rings. The van der Waals surface area contributed by atoms with Gasteiger partial charge in [-0.1, -0.05) is 6.07 Å².